The molecule has 3 aromatic heterocycles. The van der Waals surface area contributed by atoms with Crippen LogP contribution in [-0.4, -0.2) is 29.3 Å². The summed E-state index contributed by atoms with van der Waals surface area (Å²) in [5.41, 5.74) is 11.1. The number of imidazole rings is 1. The van der Waals surface area contributed by atoms with E-state index in [1.807, 2.05) is 6.20 Å². The molecule has 4 aromatic rings. The predicted octanol–water partition coefficient (Wildman–Crippen LogP) is 3.09. The highest BCUT2D eigenvalue weighted by Gasteiger charge is 2.16. The smallest absolute Gasteiger partial charge is 0.235 e. The number of nitrogen functional groups attached to an aromatic ring is 1. The molecule has 0 aliphatic carbocycles. The van der Waals surface area contributed by atoms with Crippen LogP contribution >= 0.6 is 0 Å². The minimum atomic E-state index is 0.305. The summed E-state index contributed by atoms with van der Waals surface area (Å²) in [5.74, 6) is 0.940. The first-order valence-electron chi connectivity index (χ1n) is 8.42. The molecule has 2 N–H and O–H groups in total. The van der Waals surface area contributed by atoms with Gasteiger partial charge in [0.15, 0.2) is 0 Å². The molecule has 0 saturated heterocycles. The molecule has 4 rings (SSSR count). The molecule has 1 aromatic carbocycles. The van der Waals surface area contributed by atoms with Gasteiger partial charge in [-0.05, 0) is 19.4 Å². The van der Waals surface area contributed by atoms with E-state index in [0.29, 0.717) is 11.9 Å². The van der Waals surface area contributed by atoms with Crippen molar-refractivity contribution in [1.29, 1.82) is 0 Å². The Balaban J connectivity index is 1.84. The van der Waals surface area contributed by atoms with Gasteiger partial charge in [0.1, 0.15) is 11.8 Å². The Morgan fingerprint density at radius 3 is 2.62 bits per heavy atom. The molecule has 0 radical (unpaired) electrons. The third-order valence-electron chi connectivity index (χ3n) is 4.27. The zero-order valence-electron chi connectivity index (χ0n) is 14.7. The van der Waals surface area contributed by atoms with E-state index < -0.39 is 0 Å². The van der Waals surface area contributed by atoms with Gasteiger partial charge >= 0.3 is 0 Å². The van der Waals surface area contributed by atoms with Gasteiger partial charge in [-0.2, -0.15) is 14.8 Å². The predicted molar refractivity (Wildman–Crippen MR) is 103 cm³/mol. The number of aryl methyl sites for hydroxylation is 2. The minimum absolute atomic E-state index is 0.305. The molecule has 0 aliphatic heterocycles. The number of hydrogen-bond acceptors (Lipinski definition) is 5. The van der Waals surface area contributed by atoms with E-state index in [4.69, 9.17) is 5.73 Å². The molecule has 0 aliphatic rings. The molecule has 0 saturated carbocycles. The fraction of sp³-hybridized carbons (Fsp3) is 0.158. The molecular weight excluding hydrogens is 326 g/mol. The average molecular weight is 345 g/mol. The van der Waals surface area contributed by atoms with Gasteiger partial charge in [-0.3, -0.25) is 4.98 Å². The Kier molecular flexibility index (Phi) is 3.96. The molecule has 0 spiro atoms. The monoisotopic (exact) mass is 345 g/mol. The van der Waals surface area contributed by atoms with E-state index >= 15 is 0 Å². The lowest BCUT2D eigenvalue weighted by molar-refractivity contribution is 0.705. The number of fused-ring (bicyclic) bond motifs is 1. The first kappa shape index (κ1) is 16.0. The standard InChI is InChI=1S/C19H19N7/c1-3-25-17-15(9-8-14-6-4-13(2)5-7-14)10-21-11-16(17)24-19(25)26-18(20)22-12-23-26/h4-12H,3H2,1-2H3,(H2,20,22,23). The summed E-state index contributed by atoms with van der Waals surface area (Å²) < 4.78 is 3.60. The molecule has 0 bridgehead atoms. The van der Waals surface area contributed by atoms with E-state index in [0.717, 1.165) is 28.7 Å². The third kappa shape index (κ3) is 2.73. The van der Waals surface area contributed by atoms with Crippen molar-refractivity contribution in [3.8, 4) is 5.95 Å². The van der Waals surface area contributed by atoms with Gasteiger partial charge in [0, 0.05) is 18.3 Å². The van der Waals surface area contributed by atoms with E-state index in [9.17, 15) is 0 Å². The lowest BCUT2D eigenvalue weighted by atomic mass is 10.1. The molecule has 0 atom stereocenters. The summed E-state index contributed by atoms with van der Waals surface area (Å²) in [4.78, 5) is 13.0. The molecule has 3 heterocycles. The van der Waals surface area contributed by atoms with Crippen molar-refractivity contribution in [1.82, 2.24) is 29.3 Å². The second-order valence-corrected chi connectivity index (χ2v) is 6.03. The van der Waals surface area contributed by atoms with Crippen molar-refractivity contribution in [3.05, 3.63) is 59.7 Å². The number of nitrogens with two attached hydrogens (primary N) is 1. The number of benzene rings is 1. The van der Waals surface area contributed by atoms with Gasteiger partial charge < -0.3 is 10.3 Å². The highest BCUT2D eigenvalue weighted by molar-refractivity contribution is 5.88. The van der Waals surface area contributed by atoms with Crippen molar-refractivity contribution in [3.63, 3.8) is 0 Å². The number of anilines is 1. The molecule has 0 fully saturated rings. The zero-order valence-corrected chi connectivity index (χ0v) is 14.7. The number of pyridine rings is 1. The maximum atomic E-state index is 5.91. The summed E-state index contributed by atoms with van der Waals surface area (Å²) in [7, 11) is 0. The van der Waals surface area contributed by atoms with Crippen LogP contribution in [0, 0.1) is 6.92 Å². The van der Waals surface area contributed by atoms with E-state index in [2.05, 4.69) is 74.9 Å². The normalized spacial score (nSPS) is 11.6. The first-order valence-corrected chi connectivity index (χ1v) is 8.42. The quantitative estimate of drug-likeness (QED) is 0.614. The molecule has 130 valence electrons. The summed E-state index contributed by atoms with van der Waals surface area (Å²) in [6.07, 6.45) is 9.15. The molecule has 0 unspecified atom stereocenters. The maximum Gasteiger partial charge on any atom is 0.235 e. The van der Waals surface area contributed by atoms with Crippen LogP contribution in [0.1, 0.15) is 23.6 Å². The summed E-state index contributed by atoms with van der Waals surface area (Å²) >= 11 is 0. The zero-order chi connectivity index (χ0) is 18.1. The largest absolute Gasteiger partial charge is 0.368 e. The van der Waals surface area contributed by atoms with Crippen LogP contribution in [0.25, 0.3) is 29.1 Å². The fourth-order valence-electron chi connectivity index (χ4n) is 2.95. The number of aromatic nitrogens is 6. The highest BCUT2D eigenvalue weighted by Crippen LogP contribution is 2.24. The Bertz CT molecular complexity index is 1090. The maximum absolute atomic E-state index is 5.91. The van der Waals surface area contributed by atoms with Crippen LogP contribution in [0.3, 0.4) is 0 Å². The fourth-order valence-corrected chi connectivity index (χ4v) is 2.95. The Labute approximate surface area is 150 Å². The summed E-state index contributed by atoms with van der Waals surface area (Å²) in [5, 5.41) is 4.18. The molecule has 0 amide bonds. The van der Waals surface area contributed by atoms with Crippen LogP contribution < -0.4 is 5.73 Å². The molecule has 7 nitrogen and oxygen atoms in total. The van der Waals surface area contributed by atoms with Crippen molar-refractivity contribution >= 4 is 29.1 Å². The molecule has 26 heavy (non-hydrogen) atoms. The van der Waals surface area contributed by atoms with Crippen LogP contribution in [-0.2, 0) is 6.54 Å². The lowest BCUT2D eigenvalue weighted by Gasteiger charge is -2.07. The van der Waals surface area contributed by atoms with E-state index in [-0.39, 0.29) is 0 Å². The Morgan fingerprint density at radius 1 is 1.12 bits per heavy atom. The van der Waals surface area contributed by atoms with Crippen LogP contribution in [0.2, 0.25) is 0 Å². The summed E-state index contributed by atoms with van der Waals surface area (Å²) in [6.45, 7) is 4.86. The second-order valence-electron chi connectivity index (χ2n) is 6.03. The van der Waals surface area contributed by atoms with Gasteiger partial charge in [-0.25, -0.2) is 4.98 Å². The Hall–Kier alpha value is -3.48. The summed E-state index contributed by atoms with van der Waals surface area (Å²) in [6, 6.07) is 8.39. The van der Waals surface area contributed by atoms with Crippen molar-refractivity contribution < 1.29 is 0 Å². The van der Waals surface area contributed by atoms with Gasteiger partial charge in [0.05, 0.1) is 11.7 Å². The average Bonchev–Trinajstić information content (AvgIpc) is 3.24. The van der Waals surface area contributed by atoms with Crippen molar-refractivity contribution in [2.24, 2.45) is 0 Å². The topological polar surface area (TPSA) is 87.4 Å². The minimum Gasteiger partial charge on any atom is -0.368 e. The number of rotatable bonds is 4. The van der Waals surface area contributed by atoms with Crippen molar-refractivity contribution in [2.75, 3.05) is 5.73 Å². The Morgan fingerprint density at radius 2 is 1.92 bits per heavy atom. The lowest BCUT2D eigenvalue weighted by Crippen LogP contribution is -2.10. The van der Waals surface area contributed by atoms with E-state index in [1.54, 1.807) is 6.20 Å². The van der Waals surface area contributed by atoms with Gasteiger partial charge in [0.2, 0.25) is 11.9 Å². The first-order chi connectivity index (χ1) is 12.7. The van der Waals surface area contributed by atoms with Crippen LogP contribution in [0.5, 0.6) is 0 Å². The van der Waals surface area contributed by atoms with Crippen LogP contribution in [0.4, 0.5) is 5.95 Å². The second kappa shape index (κ2) is 6.44. The van der Waals surface area contributed by atoms with Crippen LogP contribution in [0.15, 0.2) is 43.0 Å². The number of hydrogen-bond donors (Lipinski definition) is 1. The van der Waals surface area contributed by atoms with Gasteiger partial charge in [-0.15, -0.1) is 0 Å². The van der Waals surface area contributed by atoms with Crippen molar-refractivity contribution in [2.45, 2.75) is 20.4 Å². The van der Waals surface area contributed by atoms with Gasteiger partial charge in [-0.1, -0.05) is 42.0 Å². The third-order valence-corrected chi connectivity index (χ3v) is 4.27. The molecular formula is C19H19N7. The number of nitrogens with zero attached hydrogens (tertiary/aromatic N) is 6. The molecule has 7 heteroatoms. The van der Waals surface area contributed by atoms with E-state index in [1.165, 1.54) is 16.6 Å². The highest BCUT2D eigenvalue weighted by atomic mass is 15.4. The van der Waals surface area contributed by atoms with Gasteiger partial charge in [0.25, 0.3) is 0 Å². The SMILES string of the molecule is CCn1c(-n2ncnc2N)nc2cncc(C=Cc3ccc(C)cc3)c21.